The van der Waals surface area contributed by atoms with Gasteiger partial charge in [0, 0.05) is 77.2 Å². The van der Waals surface area contributed by atoms with Gasteiger partial charge in [-0.05, 0) is 181 Å². The molecule has 0 aliphatic carbocycles. The first-order chi connectivity index (χ1) is 62.4. The van der Waals surface area contributed by atoms with Crippen LogP contribution in [0.4, 0.5) is 34.1 Å². The molecule has 12 rings (SSSR count). The quantitative estimate of drug-likeness (QED) is 0.0190. The third kappa shape index (κ3) is 26.5. The van der Waals surface area contributed by atoms with Crippen LogP contribution in [0, 0.1) is 50.1 Å². The maximum Gasteiger partial charge on any atom is 0.368 e. The van der Waals surface area contributed by atoms with Crippen molar-refractivity contribution >= 4 is 68.4 Å². The number of nitro groups is 3. The summed E-state index contributed by atoms with van der Waals surface area (Å²) in [5.74, 6) is 0. The molecule has 0 saturated heterocycles. The molecule has 6 aromatic heterocycles. The number of rotatable bonds is 29. The van der Waals surface area contributed by atoms with E-state index in [4.69, 9.17) is 48.7 Å². The molecule has 0 saturated carbocycles. The number of oxime groups is 6. The first-order valence-electron chi connectivity index (χ1n) is 38.5. The minimum atomic E-state index is -0.549. The number of hydrogen-bond donors (Lipinski definition) is 0. The zero-order chi connectivity index (χ0) is 96.5. The molecule has 684 valence electrons. The molecule has 0 unspecified atom stereocenters. The van der Waals surface area contributed by atoms with Crippen LogP contribution >= 0.6 is 0 Å². The second-order valence-electron chi connectivity index (χ2n) is 27.7. The van der Waals surface area contributed by atoms with Crippen molar-refractivity contribution in [1.29, 1.82) is 0 Å². The molecule has 0 aliphatic heterocycles. The Morgan fingerprint density at radius 3 is 0.634 bits per heavy atom. The van der Waals surface area contributed by atoms with E-state index in [0.29, 0.717) is 68.7 Å². The Labute approximate surface area is 741 Å². The molecule has 54 heteroatoms. The zero-order valence-corrected chi connectivity index (χ0v) is 74.0. The molecule has 54 nitrogen and oxygen atoms in total. The monoisotopic (exact) mass is 1800 g/mol. The highest BCUT2D eigenvalue weighted by Crippen LogP contribution is 2.32. The lowest BCUT2D eigenvalue weighted by molar-refractivity contribution is -0.386. The van der Waals surface area contributed by atoms with Gasteiger partial charge in [0.15, 0.2) is 36.9 Å². The normalized spacial score (nSPS) is 10.6. The van der Waals surface area contributed by atoms with E-state index in [1.54, 1.807) is 117 Å². The summed E-state index contributed by atoms with van der Waals surface area (Å²) in [5.41, 5.74) is 6.65. The molecule has 6 heterocycles. The number of hydrogen-bond acceptors (Lipinski definition) is 36. The van der Waals surface area contributed by atoms with Crippen molar-refractivity contribution in [3.63, 3.8) is 0 Å². The fourth-order valence-electron chi connectivity index (χ4n) is 10.5. The predicted octanol–water partition coefficient (Wildman–Crippen LogP) is 7.43. The summed E-state index contributed by atoms with van der Waals surface area (Å²) in [6.45, 7) is 43.1. The van der Waals surface area contributed by atoms with Crippen molar-refractivity contribution in [2.75, 3.05) is 0 Å². The van der Waals surface area contributed by atoms with E-state index in [0.717, 1.165) is 85.4 Å². The van der Waals surface area contributed by atoms with Crippen LogP contribution in [0.25, 0.3) is 48.7 Å². The molecule has 12 aromatic rings. The number of benzene rings is 6. The van der Waals surface area contributed by atoms with Crippen molar-refractivity contribution in [1.82, 2.24) is 119 Å². The van der Waals surface area contributed by atoms with Gasteiger partial charge in [-0.15, -0.1) is 0 Å². The highest BCUT2D eigenvalue weighted by atomic mass is 16.7. The Kier molecular flexibility index (Phi) is 36.5. The molecule has 131 heavy (non-hydrogen) atoms. The molecule has 0 atom stereocenters. The van der Waals surface area contributed by atoms with Gasteiger partial charge < -0.3 is 29.0 Å². The molecule has 0 N–H and O–H groups in total. The van der Waals surface area contributed by atoms with Gasteiger partial charge in [0.05, 0.1) is 120 Å². The Balaban J connectivity index is 0.000000215. The van der Waals surface area contributed by atoms with Gasteiger partial charge in [0.25, 0.3) is 17.1 Å². The van der Waals surface area contributed by atoms with Crippen LogP contribution in [-0.2, 0) is 111 Å². The summed E-state index contributed by atoms with van der Waals surface area (Å²) < 4.78 is 12.8. The highest BCUT2D eigenvalue weighted by molar-refractivity contribution is 5.82. The van der Waals surface area contributed by atoms with E-state index in [1.807, 2.05) is 20.8 Å². The molecular formula is C77H88N36O18. The third-order valence-electron chi connectivity index (χ3n) is 17.1. The summed E-state index contributed by atoms with van der Waals surface area (Å²) >= 11 is 0. The Bertz CT molecular complexity index is 6550. The second kappa shape index (κ2) is 47.8. The van der Waals surface area contributed by atoms with Gasteiger partial charge in [0.1, 0.15) is 19.8 Å². The number of nitrogens with zero attached hydrogens (tertiary/aromatic N) is 36. The lowest BCUT2D eigenvalue weighted by Gasteiger charge is -2.09. The number of nitro benzene ring substituents is 3. The van der Waals surface area contributed by atoms with Crippen molar-refractivity contribution in [2.24, 2.45) is 73.2 Å². The molecule has 0 bridgehead atoms. The van der Waals surface area contributed by atoms with Crippen LogP contribution in [0.3, 0.4) is 0 Å². The van der Waals surface area contributed by atoms with Gasteiger partial charge in [-0.2, -0.15) is 56.2 Å². The van der Waals surface area contributed by atoms with Crippen molar-refractivity contribution < 1.29 is 43.8 Å². The lowest BCUT2D eigenvalue weighted by atomic mass is 10.1. The van der Waals surface area contributed by atoms with E-state index in [-0.39, 0.29) is 90.5 Å². The topological polar surface area (TPSA) is 588 Å². The van der Waals surface area contributed by atoms with E-state index < -0.39 is 48.9 Å². The van der Waals surface area contributed by atoms with E-state index in [9.17, 15) is 59.1 Å². The fraction of sp³-hybridized carbons (Fsp3) is 0.338. The van der Waals surface area contributed by atoms with Crippen LogP contribution in [0.5, 0.6) is 0 Å². The summed E-state index contributed by atoms with van der Waals surface area (Å²) in [5, 5.41) is 101. The van der Waals surface area contributed by atoms with Crippen LogP contribution in [0.15, 0.2) is 169 Å². The summed E-state index contributed by atoms with van der Waals surface area (Å²) in [6.07, 6.45) is 1.48. The largest absolute Gasteiger partial charge is 0.392 e. The number of tetrazole rings is 6. The average molecular weight is 1810 g/mol. The average Bonchev–Trinajstić information content (AvgIpc) is 1.40. The van der Waals surface area contributed by atoms with Crippen LogP contribution in [-0.4, -0.2) is 168 Å². The SMILES string of the molecule is CC(C)=NOCc1c(-n2nnn(C)c2=O)cccc1[N+](=O)[O-].CC(C)=NOCc1c(-n2nnn(C)c2=O)cccc1[N+](=O)[O-].CCC(C)=NOCc1c(-n2nnn(C)c2=O)cccc1[N+](=O)[O-].[C-]#[N+]c1cccc(-n2nnn(C)c2=O)c1CON=C(C)C.[C-]#[N+]c1cccc(-n2nnn(C)c2=O)c1CON=C(C)C.[C-]#[N+]c1cccc(-n2nnn(C)c2=O)c1CON=C(C)CC. The third-order valence-corrected chi connectivity index (χ3v) is 17.1. The van der Waals surface area contributed by atoms with Crippen LogP contribution in [0.1, 0.15) is 129 Å². The molecule has 0 spiro atoms. The van der Waals surface area contributed by atoms with Crippen molar-refractivity contribution in [2.45, 2.75) is 136 Å². The lowest BCUT2D eigenvalue weighted by Crippen LogP contribution is -2.23. The molecule has 0 fully saturated rings. The molecule has 0 aliphatic rings. The van der Waals surface area contributed by atoms with Crippen molar-refractivity contribution in [3.8, 4) is 34.1 Å². The summed E-state index contributed by atoms with van der Waals surface area (Å²) in [4.78, 5) is 145. The van der Waals surface area contributed by atoms with Gasteiger partial charge in [0.2, 0.25) is 0 Å². The second-order valence-corrected chi connectivity index (χ2v) is 27.7. The maximum atomic E-state index is 12.0. The van der Waals surface area contributed by atoms with E-state index in [2.05, 4.69) is 108 Å². The number of aryl methyl sites for hydroxylation is 6. The van der Waals surface area contributed by atoms with Gasteiger partial charge in [-0.1, -0.05) is 99.4 Å². The van der Waals surface area contributed by atoms with Gasteiger partial charge in [-0.3, -0.25) is 30.3 Å². The maximum absolute atomic E-state index is 12.0. The van der Waals surface area contributed by atoms with Crippen LogP contribution in [0.2, 0.25) is 0 Å². The van der Waals surface area contributed by atoms with E-state index >= 15 is 0 Å². The minimum Gasteiger partial charge on any atom is -0.392 e. The fourth-order valence-corrected chi connectivity index (χ4v) is 10.5. The Hall–Kier alpha value is -18.0. The van der Waals surface area contributed by atoms with Crippen LogP contribution < -0.4 is 34.1 Å². The van der Waals surface area contributed by atoms with Gasteiger partial charge >= 0.3 is 34.1 Å². The molecule has 6 aromatic carbocycles. The first kappa shape index (κ1) is 100. The summed E-state index contributed by atoms with van der Waals surface area (Å²) in [6, 6.07) is 28.1. The molecular weight excluding hydrogens is 1720 g/mol. The predicted molar refractivity (Wildman–Crippen MR) is 469 cm³/mol. The summed E-state index contributed by atoms with van der Waals surface area (Å²) in [7, 11) is 8.83. The molecule has 0 amide bonds. The zero-order valence-electron chi connectivity index (χ0n) is 74.0. The minimum absolute atomic E-state index is 0.0715. The van der Waals surface area contributed by atoms with Crippen molar-refractivity contribution in [3.05, 3.63) is 270 Å². The van der Waals surface area contributed by atoms with E-state index in [1.165, 1.54) is 96.9 Å². The number of aromatic nitrogens is 24. The standard InChI is InChI=1S/C14H16N6O2.C13H16N6O4.2C13H14N6O2.2C12H14N6O4/c1-5-10(2)16-22-9-11-12(15-3)7-6-8-13(11)20-14(21)19(4)17-18-20;1-4-9(2)14-23-8-10-11(6-5-7-12(10)19(21)22)18-13(20)17(3)15-16-18;2*1-9(2)15-21-8-10-11(14-3)6-5-7-12(10)19-13(20)18(4)16-17-19;2*1-8(2)13-22-7-9-10(5-4-6-11(9)18(20)21)17-12(19)16(3)14-15-17/h6-8H,5,9H2,1-2,4H3;5-7H,4,8H2,1-3H3;2*5-7H,8H2,1-2,4H3;2*4-6H,7H2,1-3H3. The Morgan fingerprint density at radius 2 is 0.473 bits per heavy atom. The Morgan fingerprint density at radius 1 is 0.298 bits per heavy atom. The smallest absolute Gasteiger partial charge is 0.368 e. The highest BCUT2D eigenvalue weighted by Gasteiger charge is 2.27. The van der Waals surface area contributed by atoms with Gasteiger partial charge in [-0.25, -0.2) is 43.3 Å². The molecule has 0 radical (unpaired) electrons. The first-order valence-corrected chi connectivity index (χ1v) is 38.5.